The molecule has 0 radical (unpaired) electrons. The van der Waals surface area contributed by atoms with E-state index in [1.165, 1.54) is 49.9 Å². The predicted molar refractivity (Wildman–Crippen MR) is 110 cm³/mol. The van der Waals surface area contributed by atoms with Gasteiger partial charge in [-0.25, -0.2) is 13.2 Å². The Morgan fingerprint density at radius 1 is 0.679 bits per heavy atom. The molecule has 0 unspecified atom stereocenters. The fourth-order valence-corrected chi connectivity index (χ4v) is 3.39. The summed E-state index contributed by atoms with van der Waals surface area (Å²) in [4.78, 5) is 0. The Morgan fingerprint density at radius 2 is 1.36 bits per heavy atom. The quantitative estimate of drug-likeness (QED) is 0.365. The molecule has 0 bridgehead atoms. The van der Waals surface area contributed by atoms with Crippen molar-refractivity contribution in [3.8, 4) is 22.3 Å². The summed E-state index contributed by atoms with van der Waals surface area (Å²) in [6, 6.07) is 15.4. The summed E-state index contributed by atoms with van der Waals surface area (Å²) in [6.07, 6.45) is 5.88. The second-order valence-corrected chi connectivity index (χ2v) is 7.26. The average molecular weight is 382 g/mol. The Morgan fingerprint density at radius 3 is 2.04 bits per heavy atom. The molecule has 0 atom stereocenters. The lowest BCUT2D eigenvalue weighted by Gasteiger charge is -2.10. The van der Waals surface area contributed by atoms with Crippen molar-refractivity contribution < 1.29 is 13.2 Å². The van der Waals surface area contributed by atoms with Gasteiger partial charge in [-0.2, -0.15) is 0 Å². The van der Waals surface area contributed by atoms with Crippen LogP contribution in [-0.2, 0) is 6.42 Å². The third-order valence-corrected chi connectivity index (χ3v) is 5.14. The molecular formula is C25H25F3. The molecule has 0 N–H and O–H groups in total. The summed E-state index contributed by atoms with van der Waals surface area (Å²) in [5, 5.41) is 0. The summed E-state index contributed by atoms with van der Waals surface area (Å²) in [7, 11) is 0. The van der Waals surface area contributed by atoms with Gasteiger partial charge >= 0.3 is 0 Å². The van der Waals surface area contributed by atoms with E-state index in [4.69, 9.17) is 0 Å². The Bertz CT molecular complexity index is 943. The van der Waals surface area contributed by atoms with Gasteiger partial charge in [-0.15, -0.1) is 0 Å². The molecule has 3 aromatic rings. The van der Waals surface area contributed by atoms with E-state index in [0.29, 0.717) is 11.1 Å². The number of rotatable bonds is 7. The van der Waals surface area contributed by atoms with E-state index in [0.717, 1.165) is 18.4 Å². The van der Waals surface area contributed by atoms with Gasteiger partial charge in [-0.05, 0) is 48.1 Å². The molecule has 3 rings (SSSR count). The molecule has 0 aliphatic rings. The van der Waals surface area contributed by atoms with E-state index < -0.39 is 17.5 Å². The minimum Gasteiger partial charge on any atom is -0.206 e. The van der Waals surface area contributed by atoms with Crippen molar-refractivity contribution in [1.82, 2.24) is 0 Å². The van der Waals surface area contributed by atoms with Crippen LogP contribution in [0.2, 0.25) is 0 Å². The highest BCUT2D eigenvalue weighted by molar-refractivity contribution is 5.71. The van der Waals surface area contributed by atoms with Crippen molar-refractivity contribution in [3.05, 3.63) is 83.2 Å². The molecule has 3 aromatic carbocycles. The molecule has 0 nitrogen and oxygen atoms in total. The first-order chi connectivity index (χ1) is 13.5. The minimum absolute atomic E-state index is 0.0657. The zero-order valence-corrected chi connectivity index (χ0v) is 16.4. The average Bonchev–Trinajstić information content (AvgIpc) is 2.70. The van der Waals surface area contributed by atoms with Gasteiger partial charge in [0.2, 0.25) is 0 Å². The zero-order chi connectivity index (χ0) is 20.1. The Hall–Kier alpha value is -2.55. The maximum Gasteiger partial charge on any atom is 0.166 e. The standard InChI is InChI=1S/C25H25F3/c1-3-4-5-6-7-18-9-11-19(12-10-18)21-15-13-20(16-23(21)26)22-14-8-17(2)24(27)25(22)28/h8-16H,3-7H2,1-2H3. The van der Waals surface area contributed by atoms with Crippen LogP contribution in [0.5, 0.6) is 0 Å². The van der Waals surface area contributed by atoms with Gasteiger partial charge in [0, 0.05) is 11.1 Å². The highest BCUT2D eigenvalue weighted by atomic mass is 19.2. The molecule has 0 aromatic heterocycles. The van der Waals surface area contributed by atoms with Gasteiger partial charge in [0.05, 0.1) is 0 Å². The first-order valence-corrected chi connectivity index (χ1v) is 9.85. The number of benzene rings is 3. The zero-order valence-electron chi connectivity index (χ0n) is 16.4. The highest BCUT2D eigenvalue weighted by Gasteiger charge is 2.14. The van der Waals surface area contributed by atoms with Crippen LogP contribution in [0, 0.1) is 24.4 Å². The fraction of sp³-hybridized carbons (Fsp3) is 0.280. The smallest absolute Gasteiger partial charge is 0.166 e. The van der Waals surface area contributed by atoms with Crippen LogP contribution in [0.1, 0.15) is 43.7 Å². The highest BCUT2D eigenvalue weighted by Crippen LogP contribution is 2.31. The largest absolute Gasteiger partial charge is 0.206 e. The molecule has 146 valence electrons. The van der Waals surface area contributed by atoms with Crippen LogP contribution in [0.3, 0.4) is 0 Å². The predicted octanol–water partition coefficient (Wildman–Crippen LogP) is 7.87. The van der Waals surface area contributed by atoms with E-state index in [2.05, 4.69) is 6.92 Å². The second-order valence-electron chi connectivity index (χ2n) is 7.26. The fourth-order valence-electron chi connectivity index (χ4n) is 3.39. The lowest BCUT2D eigenvalue weighted by atomic mass is 9.97. The van der Waals surface area contributed by atoms with E-state index in [-0.39, 0.29) is 11.1 Å². The van der Waals surface area contributed by atoms with Gasteiger partial charge < -0.3 is 0 Å². The van der Waals surface area contributed by atoms with Gasteiger partial charge in [0.15, 0.2) is 11.6 Å². The topological polar surface area (TPSA) is 0 Å². The van der Waals surface area contributed by atoms with Gasteiger partial charge in [0.1, 0.15) is 5.82 Å². The summed E-state index contributed by atoms with van der Waals surface area (Å²) >= 11 is 0. The molecular weight excluding hydrogens is 357 g/mol. The van der Waals surface area contributed by atoms with Crippen LogP contribution in [0.15, 0.2) is 54.6 Å². The molecule has 0 aliphatic carbocycles. The summed E-state index contributed by atoms with van der Waals surface area (Å²) in [6.45, 7) is 3.69. The molecule has 0 amide bonds. The van der Waals surface area contributed by atoms with Crippen LogP contribution < -0.4 is 0 Å². The van der Waals surface area contributed by atoms with E-state index in [1.807, 2.05) is 24.3 Å². The van der Waals surface area contributed by atoms with E-state index >= 15 is 0 Å². The molecule has 0 saturated carbocycles. The molecule has 28 heavy (non-hydrogen) atoms. The normalized spacial score (nSPS) is 11.0. The van der Waals surface area contributed by atoms with Crippen LogP contribution >= 0.6 is 0 Å². The lowest BCUT2D eigenvalue weighted by molar-refractivity contribution is 0.505. The van der Waals surface area contributed by atoms with E-state index in [9.17, 15) is 13.2 Å². The first-order valence-electron chi connectivity index (χ1n) is 9.85. The van der Waals surface area contributed by atoms with Crippen molar-refractivity contribution in [1.29, 1.82) is 0 Å². The monoisotopic (exact) mass is 382 g/mol. The van der Waals surface area contributed by atoms with Gasteiger partial charge in [-0.3, -0.25) is 0 Å². The van der Waals surface area contributed by atoms with Crippen molar-refractivity contribution >= 4 is 0 Å². The Kier molecular flexibility index (Phi) is 6.56. The summed E-state index contributed by atoms with van der Waals surface area (Å²) < 4.78 is 42.7. The molecule has 0 heterocycles. The number of unbranched alkanes of at least 4 members (excludes halogenated alkanes) is 3. The molecule has 3 heteroatoms. The van der Waals surface area contributed by atoms with Crippen molar-refractivity contribution in [2.75, 3.05) is 0 Å². The van der Waals surface area contributed by atoms with Gasteiger partial charge in [0.25, 0.3) is 0 Å². The number of hydrogen-bond donors (Lipinski definition) is 0. The second kappa shape index (κ2) is 9.09. The Labute approximate surface area is 165 Å². The molecule has 0 fully saturated rings. The summed E-state index contributed by atoms with van der Waals surface area (Å²) in [5.41, 5.74) is 3.09. The molecule has 0 saturated heterocycles. The number of halogens is 3. The maximum atomic E-state index is 14.7. The lowest BCUT2D eigenvalue weighted by Crippen LogP contribution is -1.94. The van der Waals surface area contributed by atoms with Crippen LogP contribution in [-0.4, -0.2) is 0 Å². The molecule has 0 aliphatic heterocycles. The maximum absolute atomic E-state index is 14.7. The molecule has 0 spiro atoms. The van der Waals surface area contributed by atoms with Crippen molar-refractivity contribution in [3.63, 3.8) is 0 Å². The summed E-state index contributed by atoms with van der Waals surface area (Å²) in [5.74, 6) is -2.29. The van der Waals surface area contributed by atoms with E-state index in [1.54, 1.807) is 12.1 Å². The van der Waals surface area contributed by atoms with Crippen molar-refractivity contribution in [2.45, 2.75) is 46.0 Å². The van der Waals surface area contributed by atoms with Crippen molar-refractivity contribution in [2.24, 2.45) is 0 Å². The number of aryl methyl sites for hydroxylation is 2. The van der Waals surface area contributed by atoms with Gasteiger partial charge in [-0.1, -0.05) is 74.7 Å². The minimum atomic E-state index is -0.945. The third kappa shape index (κ3) is 4.46. The number of hydrogen-bond acceptors (Lipinski definition) is 0. The first kappa shape index (κ1) is 20.2. The van der Waals surface area contributed by atoms with Crippen LogP contribution in [0.25, 0.3) is 22.3 Å². The third-order valence-electron chi connectivity index (χ3n) is 5.14. The Balaban J connectivity index is 1.80. The SMILES string of the molecule is CCCCCCc1ccc(-c2ccc(-c3ccc(C)c(F)c3F)cc2F)cc1. The van der Waals surface area contributed by atoms with Crippen LogP contribution in [0.4, 0.5) is 13.2 Å².